The standard InChI is InChI=1S/C15H25NO/c1-5-15(2,3)14(16)11-8-12-6-9-13(17-4)10-7-12/h6-7,9-10,14H,5,8,11,16H2,1-4H3. The Labute approximate surface area is 105 Å². The molecule has 17 heavy (non-hydrogen) atoms. The van der Waals surface area contributed by atoms with Gasteiger partial charge in [-0.25, -0.2) is 0 Å². The van der Waals surface area contributed by atoms with Crippen LogP contribution in [-0.4, -0.2) is 13.2 Å². The zero-order chi connectivity index (χ0) is 12.9. The van der Waals surface area contributed by atoms with Gasteiger partial charge >= 0.3 is 0 Å². The fraction of sp³-hybridized carbons (Fsp3) is 0.600. The first-order chi connectivity index (χ1) is 7.99. The lowest BCUT2D eigenvalue weighted by atomic mass is 9.80. The van der Waals surface area contributed by atoms with Crippen molar-refractivity contribution in [2.24, 2.45) is 11.1 Å². The van der Waals surface area contributed by atoms with Crippen LogP contribution in [-0.2, 0) is 6.42 Å². The van der Waals surface area contributed by atoms with Gasteiger partial charge in [0, 0.05) is 6.04 Å². The van der Waals surface area contributed by atoms with Gasteiger partial charge in [0.1, 0.15) is 5.75 Å². The third-order valence-electron chi connectivity index (χ3n) is 3.82. The SMILES string of the molecule is CCC(C)(C)C(N)CCc1ccc(OC)cc1. The van der Waals surface area contributed by atoms with Gasteiger partial charge in [-0.15, -0.1) is 0 Å². The molecular formula is C15H25NO. The average Bonchev–Trinajstić information content (AvgIpc) is 2.36. The Balaban J connectivity index is 2.50. The van der Waals surface area contributed by atoms with Crippen LogP contribution in [0.1, 0.15) is 39.2 Å². The van der Waals surface area contributed by atoms with Crippen molar-refractivity contribution in [2.45, 2.75) is 46.1 Å². The number of rotatable bonds is 6. The second kappa shape index (κ2) is 6.06. The molecule has 0 aliphatic carbocycles. The Morgan fingerprint density at radius 2 is 1.82 bits per heavy atom. The molecule has 0 aliphatic rings. The fourth-order valence-electron chi connectivity index (χ4n) is 1.77. The van der Waals surface area contributed by atoms with E-state index >= 15 is 0 Å². The molecule has 0 saturated heterocycles. The normalized spacial score (nSPS) is 13.5. The molecule has 2 nitrogen and oxygen atoms in total. The number of ether oxygens (including phenoxy) is 1. The molecule has 2 N–H and O–H groups in total. The van der Waals surface area contributed by atoms with E-state index in [1.165, 1.54) is 5.56 Å². The van der Waals surface area contributed by atoms with Gasteiger partial charge < -0.3 is 10.5 Å². The van der Waals surface area contributed by atoms with Crippen molar-refractivity contribution in [1.82, 2.24) is 0 Å². The Morgan fingerprint density at radius 3 is 2.29 bits per heavy atom. The van der Waals surface area contributed by atoms with Crippen LogP contribution in [0.15, 0.2) is 24.3 Å². The molecule has 0 bridgehead atoms. The largest absolute Gasteiger partial charge is 0.497 e. The van der Waals surface area contributed by atoms with E-state index in [-0.39, 0.29) is 11.5 Å². The monoisotopic (exact) mass is 235 g/mol. The molecule has 1 rings (SSSR count). The summed E-state index contributed by atoms with van der Waals surface area (Å²) in [6, 6.07) is 8.50. The summed E-state index contributed by atoms with van der Waals surface area (Å²) in [4.78, 5) is 0. The molecule has 0 fully saturated rings. The maximum atomic E-state index is 6.24. The lowest BCUT2D eigenvalue weighted by Gasteiger charge is -2.30. The molecule has 1 unspecified atom stereocenters. The molecule has 1 aromatic carbocycles. The van der Waals surface area contributed by atoms with Crippen molar-refractivity contribution in [2.75, 3.05) is 7.11 Å². The molecular weight excluding hydrogens is 210 g/mol. The van der Waals surface area contributed by atoms with Crippen molar-refractivity contribution >= 4 is 0 Å². The van der Waals surface area contributed by atoms with Crippen LogP contribution in [0.5, 0.6) is 5.75 Å². The molecule has 1 aromatic rings. The summed E-state index contributed by atoms with van der Waals surface area (Å²) in [5.41, 5.74) is 7.80. The number of hydrogen-bond donors (Lipinski definition) is 1. The van der Waals surface area contributed by atoms with Gasteiger partial charge in [0.25, 0.3) is 0 Å². The molecule has 0 aliphatic heterocycles. The maximum absolute atomic E-state index is 6.24. The van der Waals surface area contributed by atoms with Gasteiger partial charge in [-0.2, -0.15) is 0 Å². The highest BCUT2D eigenvalue weighted by atomic mass is 16.5. The molecule has 0 radical (unpaired) electrons. The Morgan fingerprint density at radius 1 is 1.24 bits per heavy atom. The highest BCUT2D eigenvalue weighted by molar-refractivity contribution is 5.27. The minimum Gasteiger partial charge on any atom is -0.497 e. The summed E-state index contributed by atoms with van der Waals surface area (Å²) in [6.07, 6.45) is 3.19. The van der Waals surface area contributed by atoms with Gasteiger partial charge in [0.2, 0.25) is 0 Å². The third-order valence-corrected chi connectivity index (χ3v) is 3.82. The number of methoxy groups -OCH3 is 1. The van der Waals surface area contributed by atoms with Crippen LogP contribution < -0.4 is 10.5 Å². The first-order valence-corrected chi connectivity index (χ1v) is 6.38. The molecule has 0 aromatic heterocycles. The van der Waals surface area contributed by atoms with E-state index in [1.807, 2.05) is 12.1 Å². The van der Waals surface area contributed by atoms with E-state index in [0.717, 1.165) is 25.0 Å². The first-order valence-electron chi connectivity index (χ1n) is 6.38. The van der Waals surface area contributed by atoms with Crippen molar-refractivity contribution in [3.63, 3.8) is 0 Å². The highest BCUT2D eigenvalue weighted by Crippen LogP contribution is 2.26. The topological polar surface area (TPSA) is 35.2 Å². The van der Waals surface area contributed by atoms with Crippen LogP contribution in [0.4, 0.5) is 0 Å². The van der Waals surface area contributed by atoms with Gasteiger partial charge in [0.05, 0.1) is 7.11 Å². The van der Waals surface area contributed by atoms with Crippen molar-refractivity contribution in [1.29, 1.82) is 0 Å². The molecule has 96 valence electrons. The Hall–Kier alpha value is -1.02. The zero-order valence-electron chi connectivity index (χ0n) is 11.5. The molecule has 0 spiro atoms. The second-order valence-corrected chi connectivity index (χ2v) is 5.34. The fourth-order valence-corrected chi connectivity index (χ4v) is 1.77. The quantitative estimate of drug-likeness (QED) is 0.820. The summed E-state index contributed by atoms with van der Waals surface area (Å²) in [5.74, 6) is 0.909. The van der Waals surface area contributed by atoms with Crippen molar-refractivity contribution in [3.05, 3.63) is 29.8 Å². The van der Waals surface area contributed by atoms with Gasteiger partial charge in [-0.1, -0.05) is 32.9 Å². The predicted molar refractivity (Wildman–Crippen MR) is 73.4 cm³/mol. The highest BCUT2D eigenvalue weighted by Gasteiger charge is 2.23. The number of aryl methyl sites for hydroxylation is 1. The lowest BCUT2D eigenvalue weighted by molar-refractivity contribution is 0.263. The van der Waals surface area contributed by atoms with Crippen LogP contribution in [0.2, 0.25) is 0 Å². The van der Waals surface area contributed by atoms with E-state index < -0.39 is 0 Å². The predicted octanol–water partition coefficient (Wildman–Crippen LogP) is 3.39. The summed E-state index contributed by atoms with van der Waals surface area (Å²) in [7, 11) is 1.69. The minimum atomic E-state index is 0.229. The Kier molecular flexibility index (Phi) is 5.01. The van der Waals surface area contributed by atoms with E-state index in [9.17, 15) is 0 Å². The van der Waals surface area contributed by atoms with Crippen LogP contribution in [0.3, 0.4) is 0 Å². The second-order valence-electron chi connectivity index (χ2n) is 5.34. The molecule has 2 heteroatoms. The van der Waals surface area contributed by atoms with Crippen LogP contribution >= 0.6 is 0 Å². The molecule has 1 atom stereocenters. The third kappa shape index (κ3) is 4.04. The van der Waals surface area contributed by atoms with Gasteiger partial charge in [-0.05, 0) is 42.4 Å². The summed E-state index contributed by atoms with van der Waals surface area (Å²) >= 11 is 0. The van der Waals surface area contributed by atoms with Crippen LogP contribution in [0, 0.1) is 5.41 Å². The Bertz CT molecular complexity index is 329. The van der Waals surface area contributed by atoms with Crippen molar-refractivity contribution in [3.8, 4) is 5.75 Å². The first kappa shape index (κ1) is 14.0. The van der Waals surface area contributed by atoms with E-state index in [0.29, 0.717) is 0 Å². The summed E-state index contributed by atoms with van der Waals surface area (Å²) < 4.78 is 5.14. The maximum Gasteiger partial charge on any atom is 0.118 e. The molecule has 0 saturated carbocycles. The molecule has 0 amide bonds. The van der Waals surface area contributed by atoms with E-state index in [1.54, 1.807) is 7.11 Å². The number of hydrogen-bond acceptors (Lipinski definition) is 2. The van der Waals surface area contributed by atoms with Gasteiger partial charge in [-0.3, -0.25) is 0 Å². The zero-order valence-corrected chi connectivity index (χ0v) is 11.5. The number of nitrogens with two attached hydrogens (primary N) is 1. The smallest absolute Gasteiger partial charge is 0.118 e. The van der Waals surface area contributed by atoms with E-state index in [2.05, 4.69) is 32.9 Å². The minimum absolute atomic E-state index is 0.229. The summed E-state index contributed by atoms with van der Waals surface area (Å²) in [5, 5.41) is 0. The van der Waals surface area contributed by atoms with Gasteiger partial charge in [0.15, 0.2) is 0 Å². The number of benzene rings is 1. The van der Waals surface area contributed by atoms with E-state index in [4.69, 9.17) is 10.5 Å². The van der Waals surface area contributed by atoms with Crippen molar-refractivity contribution < 1.29 is 4.74 Å². The van der Waals surface area contributed by atoms with Crippen LogP contribution in [0.25, 0.3) is 0 Å². The molecule has 0 heterocycles. The summed E-state index contributed by atoms with van der Waals surface area (Å²) in [6.45, 7) is 6.69. The lowest BCUT2D eigenvalue weighted by Crippen LogP contribution is -2.37. The average molecular weight is 235 g/mol.